The number of H-pyrrole nitrogens is 1. The van der Waals surface area contributed by atoms with Crippen LogP contribution in [0.4, 0.5) is 0 Å². The van der Waals surface area contributed by atoms with Gasteiger partial charge in [-0.05, 0) is 38.8 Å². The standard InChI is InChI=1S/C10H15N/c1-5-6-10-7(2)8(3)11-9(10)4/h5-6,11H,1-4H3/b6-5-. The van der Waals surface area contributed by atoms with Crippen LogP contribution in [0.2, 0.25) is 0 Å². The summed E-state index contributed by atoms with van der Waals surface area (Å²) in [6, 6.07) is 0. The molecule has 1 aromatic rings. The molecule has 0 bridgehead atoms. The maximum atomic E-state index is 3.31. The lowest BCUT2D eigenvalue weighted by molar-refractivity contribution is 1.17. The van der Waals surface area contributed by atoms with Gasteiger partial charge in [0, 0.05) is 11.4 Å². The first-order valence-corrected chi connectivity index (χ1v) is 3.95. The van der Waals surface area contributed by atoms with Crippen molar-refractivity contribution in [3.63, 3.8) is 0 Å². The molecule has 1 heteroatoms. The summed E-state index contributed by atoms with van der Waals surface area (Å²) in [6.45, 7) is 8.40. The van der Waals surface area contributed by atoms with E-state index in [0.29, 0.717) is 0 Å². The van der Waals surface area contributed by atoms with Crippen molar-refractivity contribution in [1.29, 1.82) is 0 Å². The van der Waals surface area contributed by atoms with Crippen LogP contribution in [0.25, 0.3) is 6.08 Å². The molecular formula is C10H15N. The Morgan fingerprint density at radius 2 is 1.73 bits per heavy atom. The van der Waals surface area contributed by atoms with Crippen molar-refractivity contribution in [2.24, 2.45) is 0 Å². The number of hydrogen-bond donors (Lipinski definition) is 1. The lowest BCUT2D eigenvalue weighted by atomic mass is 10.1. The number of aromatic nitrogens is 1. The lowest BCUT2D eigenvalue weighted by Gasteiger charge is -1.91. The summed E-state index contributed by atoms with van der Waals surface area (Å²) in [7, 11) is 0. The Balaban J connectivity index is 3.22. The van der Waals surface area contributed by atoms with Crippen LogP contribution in [0, 0.1) is 20.8 Å². The average molecular weight is 149 g/mol. The van der Waals surface area contributed by atoms with E-state index >= 15 is 0 Å². The summed E-state index contributed by atoms with van der Waals surface area (Å²) < 4.78 is 0. The van der Waals surface area contributed by atoms with Gasteiger partial charge < -0.3 is 4.98 Å². The minimum absolute atomic E-state index is 1.26. The Morgan fingerprint density at radius 3 is 2.09 bits per heavy atom. The topological polar surface area (TPSA) is 15.8 Å². The molecule has 1 heterocycles. The highest BCUT2D eigenvalue weighted by atomic mass is 14.7. The number of nitrogens with one attached hydrogen (secondary N) is 1. The summed E-state index contributed by atoms with van der Waals surface area (Å²) in [5.41, 5.74) is 5.24. The monoisotopic (exact) mass is 149 g/mol. The molecule has 0 radical (unpaired) electrons. The first-order valence-electron chi connectivity index (χ1n) is 3.95. The molecule has 0 spiro atoms. The number of allylic oxidation sites excluding steroid dienone is 1. The molecule has 0 aromatic carbocycles. The quantitative estimate of drug-likeness (QED) is 0.631. The molecule has 0 saturated heterocycles. The third kappa shape index (κ3) is 1.37. The van der Waals surface area contributed by atoms with Gasteiger partial charge in [-0.15, -0.1) is 0 Å². The van der Waals surface area contributed by atoms with Gasteiger partial charge in [-0.2, -0.15) is 0 Å². The summed E-state index contributed by atoms with van der Waals surface area (Å²) >= 11 is 0. The predicted octanol–water partition coefficient (Wildman–Crippen LogP) is 2.97. The highest BCUT2D eigenvalue weighted by Crippen LogP contribution is 2.17. The Kier molecular flexibility index (Phi) is 2.18. The third-order valence-electron chi connectivity index (χ3n) is 2.08. The van der Waals surface area contributed by atoms with Gasteiger partial charge >= 0.3 is 0 Å². The van der Waals surface area contributed by atoms with E-state index in [9.17, 15) is 0 Å². The van der Waals surface area contributed by atoms with Crippen LogP contribution in [-0.2, 0) is 0 Å². The van der Waals surface area contributed by atoms with E-state index in [2.05, 4.69) is 37.9 Å². The molecule has 1 N–H and O–H groups in total. The number of aromatic amines is 1. The lowest BCUT2D eigenvalue weighted by Crippen LogP contribution is -1.75. The van der Waals surface area contributed by atoms with Gasteiger partial charge in [-0.25, -0.2) is 0 Å². The van der Waals surface area contributed by atoms with E-state index in [1.165, 1.54) is 22.5 Å². The maximum absolute atomic E-state index is 3.31. The first kappa shape index (κ1) is 8.12. The van der Waals surface area contributed by atoms with Crippen LogP contribution < -0.4 is 0 Å². The molecule has 0 aliphatic carbocycles. The van der Waals surface area contributed by atoms with E-state index in [4.69, 9.17) is 0 Å². The number of rotatable bonds is 1. The van der Waals surface area contributed by atoms with Crippen LogP contribution in [0.1, 0.15) is 29.4 Å². The summed E-state index contributed by atoms with van der Waals surface area (Å²) in [5, 5.41) is 0. The van der Waals surface area contributed by atoms with Crippen molar-refractivity contribution in [1.82, 2.24) is 4.98 Å². The van der Waals surface area contributed by atoms with Gasteiger partial charge in [0.1, 0.15) is 0 Å². The van der Waals surface area contributed by atoms with Crippen LogP contribution >= 0.6 is 0 Å². The molecule has 0 amide bonds. The molecule has 0 saturated carbocycles. The zero-order chi connectivity index (χ0) is 8.43. The highest BCUT2D eigenvalue weighted by molar-refractivity contribution is 5.57. The van der Waals surface area contributed by atoms with Crippen molar-refractivity contribution in [3.8, 4) is 0 Å². The van der Waals surface area contributed by atoms with Crippen molar-refractivity contribution in [2.75, 3.05) is 0 Å². The van der Waals surface area contributed by atoms with Gasteiger partial charge in [0.15, 0.2) is 0 Å². The number of aryl methyl sites for hydroxylation is 2. The van der Waals surface area contributed by atoms with E-state index < -0.39 is 0 Å². The van der Waals surface area contributed by atoms with Crippen LogP contribution in [0.5, 0.6) is 0 Å². The SMILES string of the molecule is C/C=C\c1c(C)[nH]c(C)c1C. The van der Waals surface area contributed by atoms with Gasteiger partial charge in [-0.1, -0.05) is 12.2 Å². The van der Waals surface area contributed by atoms with Crippen LogP contribution in [-0.4, -0.2) is 4.98 Å². The van der Waals surface area contributed by atoms with Crippen LogP contribution in [0.15, 0.2) is 6.08 Å². The second kappa shape index (κ2) is 2.95. The van der Waals surface area contributed by atoms with Crippen molar-refractivity contribution in [2.45, 2.75) is 27.7 Å². The van der Waals surface area contributed by atoms with Gasteiger partial charge in [0.25, 0.3) is 0 Å². The number of hydrogen-bond acceptors (Lipinski definition) is 0. The fourth-order valence-electron chi connectivity index (χ4n) is 1.34. The van der Waals surface area contributed by atoms with Gasteiger partial charge in [-0.3, -0.25) is 0 Å². The molecule has 0 unspecified atom stereocenters. The van der Waals surface area contributed by atoms with E-state index in [0.717, 1.165) is 0 Å². The molecule has 1 nitrogen and oxygen atoms in total. The molecule has 60 valence electrons. The maximum Gasteiger partial charge on any atom is 0.0193 e. The second-order valence-corrected chi connectivity index (χ2v) is 2.91. The molecule has 1 rings (SSSR count). The van der Waals surface area contributed by atoms with Crippen LogP contribution in [0.3, 0.4) is 0 Å². The molecule has 0 atom stereocenters. The van der Waals surface area contributed by atoms with Crippen molar-refractivity contribution < 1.29 is 0 Å². The first-order chi connectivity index (χ1) is 5.16. The third-order valence-corrected chi connectivity index (χ3v) is 2.08. The van der Waals surface area contributed by atoms with Gasteiger partial charge in [0.05, 0.1) is 0 Å². The smallest absolute Gasteiger partial charge is 0.0193 e. The summed E-state index contributed by atoms with van der Waals surface area (Å²) in [5.74, 6) is 0. The largest absolute Gasteiger partial charge is 0.362 e. The highest BCUT2D eigenvalue weighted by Gasteiger charge is 2.03. The summed E-state index contributed by atoms with van der Waals surface area (Å²) in [4.78, 5) is 3.31. The van der Waals surface area contributed by atoms with Gasteiger partial charge in [0.2, 0.25) is 0 Å². The Hall–Kier alpha value is -0.980. The Morgan fingerprint density at radius 1 is 1.09 bits per heavy atom. The van der Waals surface area contributed by atoms with E-state index in [1.54, 1.807) is 0 Å². The molecule has 0 aliphatic heterocycles. The molecule has 0 fully saturated rings. The predicted molar refractivity (Wildman–Crippen MR) is 49.7 cm³/mol. The second-order valence-electron chi connectivity index (χ2n) is 2.91. The Labute approximate surface area is 68.1 Å². The minimum Gasteiger partial charge on any atom is -0.362 e. The zero-order valence-electron chi connectivity index (χ0n) is 7.65. The zero-order valence-corrected chi connectivity index (χ0v) is 7.65. The average Bonchev–Trinajstić information content (AvgIpc) is 2.17. The van der Waals surface area contributed by atoms with E-state index in [1.807, 2.05) is 6.92 Å². The summed E-state index contributed by atoms with van der Waals surface area (Å²) in [6.07, 6.45) is 4.22. The normalized spacial score (nSPS) is 11.3. The van der Waals surface area contributed by atoms with Crippen molar-refractivity contribution >= 4 is 6.08 Å². The molecule has 11 heavy (non-hydrogen) atoms. The van der Waals surface area contributed by atoms with E-state index in [-0.39, 0.29) is 0 Å². The Bertz CT molecular complexity index is 279. The van der Waals surface area contributed by atoms with Crippen molar-refractivity contribution in [3.05, 3.63) is 28.6 Å². The fourth-order valence-corrected chi connectivity index (χ4v) is 1.34. The molecule has 0 aliphatic rings. The molecular weight excluding hydrogens is 134 g/mol. The fraction of sp³-hybridized carbons (Fsp3) is 0.400. The molecule has 1 aromatic heterocycles. The minimum atomic E-state index is 1.26.